The predicted molar refractivity (Wildman–Crippen MR) is 75.9 cm³/mol. The maximum atomic E-state index is 6.42. The number of methoxy groups -OCH3 is 1. The van der Waals surface area contributed by atoms with Crippen LogP contribution in [0.25, 0.3) is 0 Å². The molecule has 0 aromatic heterocycles. The molecule has 1 aromatic rings. The Hall–Kier alpha value is -1.02. The molecule has 1 saturated carbocycles. The van der Waals surface area contributed by atoms with Gasteiger partial charge >= 0.3 is 0 Å². The minimum absolute atomic E-state index is 0.262. The number of rotatable bonds is 4. The topological polar surface area (TPSA) is 35.2 Å². The first kappa shape index (κ1) is 13.4. The lowest BCUT2D eigenvalue weighted by atomic mass is 9.86. The number of ether oxygens (including phenoxy) is 1. The quantitative estimate of drug-likeness (QED) is 0.886. The van der Waals surface area contributed by atoms with Gasteiger partial charge in [0.25, 0.3) is 0 Å². The zero-order valence-electron chi connectivity index (χ0n) is 11.8. The molecule has 0 radical (unpaired) electrons. The number of hydrogen-bond acceptors (Lipinski definition) is 2. The largest absolute Gasteiger partial charge is 0.496 e. The molecule has 0 saturated heterocycles. The molecule has 2 rings (SSSR count). The molecule has 0 spiro atoms. The number of aryl methyl sites for hydroxylation is 1. The average molecular weight is 247 g/mol. The van der Waals surface area contributed by atoms with E-state index in [-0.39, 0.29) is 6.04 Å². The highest BCUT2D eigenvalue weighted by Gasteiger charge is 2.29. The van der Waals surface area contributed by atoms with Crippen LogP contribution < -0.4 is 10.5 Å². The van der Waals surface area contributed by atoms with Gasteiger partial charge in [0.1, 0.15) is 5.75 Å². The molecule has 2 N–H and O–H groups in total. The van der Waals surface area contributed by atoms with E-state index in [1.807, 2.05) is 0 Å². The van der Waals surface area contributed by atoms with Gasteiger partial charge in [0.2, 0.25) is 0 Å². The first-order chi connectivity index (χ1) is 8.61. The molecule has 0 bridgehead atoms. The Labute approximate surface area is 111 Å². The monoisotopic (exact) mass is 247 g/mol. The van der Waals surface area contributed by atoms with Gasteiger partial charge in [0, 0.05) is 6.04 Å². The summed E-state index contributed by atoms with van der Waals surface area (Å²) in [4.78, 5) is 0. The summed E-state index contributed by atoms with van der Waals surface area (Å²) in [6.07, 6.45) is 4.89. The molecule has 1 aromatic carbocycles. The highest BCUT2D eigenvalue weighted by atomic mass is 16.5. The standard InChI is InChI=1S/C16H25NO/c1-11-7-8-16(18-3)13(9-11)10-15(17)14-6-4-5-12(14)2/h7-9,12,14-15H,4-6,10,17H2,1-3H3. The summed E-state index contributed by atoms with van der Waals surface area (Å²) in [5.41, 5.74) is 8.95. The number of benzene rings is 1. The molecule has 3 atom stereocenters. The predicted octanol–water partition coefficient (Wildman–Crippen LogP) is 3.31. The molecule has 0 aliphatic heterocycles. The highest BCUT2D eigenvalue weighted by molar-refractivity contribution is 5.37. The third-order valence-electron chi connectivity index (χ3n) is 4.37. The maximum Gasteiger partial charge on any atom is 0.122 e. The van der Waals surface area contributed by atoms with Gasteiger partial charge in [0.05, 0.1) is 7.11 Å². The third kappa shape index (κ3) is 2.86. The van der Waals surface area contributed by atoms with Gasteiger partial charge in [-0.2, -0.15) is 0 Å². The summed E-state index contributed by atoms with van der Waals surface area (Å²) in [6.45, 7) is 4.46. The van der Waals surface area contributed by atoms with Crippen LogP contribution >= 0.6 is 0 Å². The van der Waals surface area contributed by atoms with Crippen molar-refractivity contribution < 1.29 is 4.74 Å². The van der Waals surface area contributed by atoms with Crippen LogP contribution in [0, 0.1) is 18.8 Å². The van der Waals surface area contributed by atoms with Gasteiger partial charge in [-0.05, 0) is 43.2 Å². The minimum atomic E-state index is 0.262. The molecule has 100 valence electrons. The molecule has 0 amide bonds. The molecule has 18 heavy (non-hydrogen) atoms. The van der Waals surface area contributed by atoms with Crippen LogP contribution in [0.3, 0.4) is 0 Å². The summed E-state index contributed by atoms with van der Waals surface area (Å²) < 4.78 is 5.44. The lowest BCUT2D eigenvalue weighted by molar-refractivity contribution is 0.338. The van der Waals surface area contributed by atoms with E-state index in [0.29, 0.717) is 5.92 Å². The van der Waals surface area contributed by atoms with E-state index in [1.165, 1.54) is 30.4 Å². The van der Waals surface area contributed by atoms with E-state index >= 15 is 0 Å². The van der Waals surface area contributed by atoms with E-state index in [1.54, 1.807) is 7.11 Å². The summed E-state index contributed by atoms with van der Waals surface area (Å²) in [6, 6.07) is 6.61. The Balaban J connectivity index is 2.10. The second-order valence-corrected chi connectivity index (χ2v) is 5.76. The van der Waals surface area contributed by atoms with Crippen molar-refractivity contribution in [3.8, 4) is 5.75 Å². The highest BCUT2D eigenvalue weighted by Crippen LogP contribution is 2.34. The summed E-state index contributed by atoms with van der Waals surface area (Å²) in [5, 5.41) is 0. The van der Waals surface area contributed by atoms with Crippen molar-refractivity contribution in [1.82, 2.24) is 0 Å². The van der Waals surface area contributed by atoms with Gasteiger partial charge in [0.15, 0.2) is 0 Å². The Morgan fingerprint density at radius 3 is 2.78 bits per heavy atom. The van der Waals surface area contributed by atoms with Crippen LogP contribution in [0.5, 0.6) is 5.75 Å². The van der Waals surface area contributed by atoms with Gasteiger partial charge < -0.3 is 10.5 Å². The number of hydrogen-bond donors (Lipinski definition) is 1. The Bertz CT molecular complexity index is 402. The second-order valence-electron chi connectivity index (χ2n) is 5.76. The smallest absolute Gasteiger partial charge is 0.122 e. The SMILES string of the molecule is COc1ccc(C)cc1CC(N)C1CCCC1C. The van der Waals surface area contributed by atoms with Gasteiger partial charge in [-0.1, -0.05) is 37.5 Å². The number of nitrogens with two attached hydrogens (primary N) is 1. The summed E-state index contributed by atoms with van der Waals surface area (Å²) in [5.74, 6) is 2.42. The first-order valence-corrected chi connectivity index (χ1v) is 7.01. The van der Waals surface area contributed by atoms with E-state index < -0.39 is 0 Å². The Morgan fingerprint density at radius 2 is 2.17 bits per heavy atom. The van der Waals surface area contributed by atoms with Crippen LogP contribution in [0.2, 0.25) is 0 Å². The third-order valence-corrected chi connectivity index (χ3v) is 4.37. The van der Waals surface area contributed by atoms with Crippen LogP contribution in [0.15, 0.2) is 18.2 Å². The fraction of sp³-hybridized carbons (Fsp3) is 0.625. The van der Waals surface area contributed by atoms with Crippen molar-refractivity contribution >= 4 is 0 Å². The molecular weight excluding hydrogens is 222 g/mol. The molecule has 1 aliphatic rings. The van der Waals surface area contributed by atoms with E-state index in [0.717, 1.165) is 18.1 Å². The molecule has 2 nitrogen and oxygen atoms in total. The average Bonchev–Trinajstić information content (AvgIpc) is 2.76. The van der Waals surface area contributed by atoms with Crippen molar-refractivity contribution in [3.05, 3.63) is 29.3 Å². The first-order valence-electron chi connectivity index (χ1n) is 7.01. The zero-order chi connectivity index (χ0) is 13.1. The van der Waals surface area contributed by atoms with Crippen molar-refractivity contribution in [2.45, 2.75) is 45.6 Å². The summed E-state index contributed by atoms with van der Waals surface area (Å²) in [7, 11) is 1.73. The van der Waals surface area contributed by atoms with Crippen LogP contribution in [-0.4, -0.2) is 13.2 Å². The summed E-state index contributed by atoms with van der Waals surface area (Å²) >= 11 is 0. The minimum Gasteiger partial charge on any atom is -0.496 e. The van der Waals surface area contributed by atoms with Crippen LogP contribution in [-0.2, 0) is 6.42 Å². The zero-order valence-corrected chi connectivity index (χ0v) is 11.8. The molecule has 1 aliphatic carbocycles. The normalized spacial score (nSPS) is 25.1. The Morgan fingerprint density at radius 1 is 1.39 bits per heavy atom. The molecule has 2 heteroatoms. The van der Waals surface area contributed by atoms with Gasteiger partial charge in [-0.3, -0.25) is 0 Å². The lowest BCUT2D eigenvalue weighted by Gasteiger charge is -2.24. The second kappa shape index (κ2) is 5.75. The molecule has 0 heterocycles. The van der Waals surface area contributed by atoms with E-state index in [2.05, 4.69) is 32.0 Å². The van der Waals surface area contributed by atoms with Gasteiger partial charge in [-0.15, -0.1) is 0 Å². The van der Waals surface area contributed by atoms with Crippen molar-refractivity contribution in [2.24, 2.45) is 17.6 Å². The molecule has 3 unspecified atom stereocenters. The fourth-order valence-corrected chi connectivity index (χ4v) is 3.28. The van der Waals surface area contributed by atoms with Gasteiger partial charge in [-0.25, -0.2) is 0 Å². The Kier molecular flexibility index (Phi) is 4.28. The van der Waals surface area contributed by atoms with E-state index in [4.69, 9.17) is 10.5 Å². The molecule has 1 fully saturated rings. The maximum absolute atomic E-state index is 6.42. The van der Waals surface area contributed by atoms with E-state index in [9.17, 15) is 0 Å². The van der Waals surface area contributed by atoms with Crippen molar-refractivity contribution in [2.75, 3.05) is 7.11 Å². The van der Waals surface area contributed by atoms with Crippen molar-refractivity contribution in [1.29, 1.82) is 0 Å². The fourth-order valence-electron chi connectivity index (χ4n) is 3.28. The molecular formula is C16H25NO. The van der Waals surface area contributed by atoms with Crippen molar-refractivity contribution in [3.63, 3.8) is 0 Å². The lowest BCUT2D eigenvalue weighted by Crippen LogP contribution is -2.33. The van der Waals surface area contributed by atoms with Crippen LogP contribution in [0.1, 0.15) is 37.3 Å². The van der Waals surface area contributed by atoms with Crippen LogP contribution in [0.4, 0.5) is 0 Å².